The molecule has 118 valence electrons. The van der Waals surface area contributed by atoms with E-state index in [-0.39, 0.29) is 29.5 Å². The van der Waals surface area contributed by atoms with Gasteiger partial charge < -0.3 is 5.32 Å². The third-order valence-corrected chi connectivity index (χ3v) is 4.26. The Labute approximate surface area is 131 Å². The van der Waals surface area contributed by atoms with Gasteiger partial charge in [-0.05, 0) is 54.8 Å². The van der Waals surface area contributed by atoms with Crippen molar-refractivity contribution < 1.29 is 8.78 Å². The highest BCUT2D eigenvalue weighted by Gasteiger charge is 2.26. The van der Waals surface area contributed by atoms with Crippen LogP contribution in [0.1, 0.15) is 37.8 Å². The van der Waals surface area contributed by atoms with E-state index in [2.05, 4.69) is 26.1 Å². The van der Waals surface area contributed by atoms with Crippen LogP contribution in [0.15, 0.2) is 48.5 Å². The van der Waals surface area contributed by atoms with E-state index in [4.69, 9.17) is 0 Å². The molecular weight excluding hydrogens is 280 g/mol. The molecule has 0 radical (unpaired) electrons. The van der Waals surface area contributed by atoms with E-state index >= 15 is 0 Å². The molecule has 0 saturated carbocycles. The van der Waals surface area contributed by atoms with Gasteiger partial charge in [0.1, 0.15) is 11.6 Å². The van der Waals surface area contributed by atoms with E-state index in [0.29, 0.717) is 0 Å². The van der Waals surface area contributed by atoms with Gasteiger partial charge in [-0.25, -0.2) is 8.78 Å². The van der Waals surface area contributed by atoms with Crippen molar-refractivity contribution >= 4 is 0 Å². The predicted molar refractivity (Wildman–Crippen MR) is 86.9 cm³/mol. The first-order valence-corrected chi connectivity index (χ1v) is 7.77. The molecule has 22 heavy (non-hydrogen) atoms. The van der Waals surface area contributed by atoms with Crippen LogP contribution in [-0.2, 0) is 0 Å². The third kappa shape index (κ3) is 3.92. The summed E-state index contributed by atoms with van der Waals surface area (Å²) in [7, 11) is 0. The zero-order valence-electron chi connectivity index (χ0n) is 13.3. The van der Waals surface area contributed by atoms with Crippen LogP contribution in [0.3, 0.4) is 0 Å². The minimum atomic E-state index is -0.262. The average molecular weight is 303 g/mol. The van der Waals surface area contributed by atoms with Crippen LogP contribution in [0.5, 0.6) is 0 Å². The molecule has 0 bridgehead atoms. The molecule has 0 aliphatic heterocycles. The summed E-state index contributed by atoms with van der Waals surface area (Å²) in [6.45, 7) is 7.15. The van der Waals surface area contributed by atoms with Gasteiger partial charge in [0.15, 0.2) is 0 Å². The van der Waals surface area contributed by atoms with Crippen LogP contribution in [-0.4, -0.2) is 12.6 Å². The summed E-state index contributed by atoms with van der Waals surface area (Å²) in [5.74, 6) is -0.381. The van der Waals surface area contributed by atoms with E-state index < -0.39 is 0 Å². The van der Waals surface area contributed by atoms with E-state index in [1.165, 1.54) is 12.1 Å². The van der Waals surface area contributed by atoms with Crippen LogP contribution >= 0.6 is 0 Å². The quantitative estimate of drug-likeness (QED) is 0.813. The number of hydrogen-bond acceptors (Lipinski definition) is 1. The van der Waals surface area contributed by atoms with E-state index in [0.717, 1.165) is 17.7 Å². The molecule has 1 N–H and O–H groups in total. The number of rotatable bonds is 6. The van der Waals surface area contributed by atoms with E-state index in [9.17, 15) is 8.78 Å². The van der Waals surface area contributed by atoms with Crippen LogP contribution in [0.25, 0.3) is 0 Å². The lowest BCUT2D eigenvalue weighted by molar-refractivity contribution is 0.372. The molecule has 2 unspecified atom stereocenters. The minimum absolute atomic E-state index is 0.0551. The van der Waals surface area contributed by atoms with Crippen LogP contribution < -0.4 is 5.32 Å². The molecule has 2 aromatic rings. The summed E-state index contributed by atoms with van der Waals surface area (Å²) >= 11 is 0. The van der Waals surface area contributed by atoms with Crippen molar-refractivity contribution in [2.45, 2.75) is 32.7 Å². The lowest BCUT2D eigenvalue weighted by atomic mass is 9.78. The van der Waals surface area contributed by atoms with Gasteiger partial charge in [0, 0.05) is 12.0 Å². The Morgan fingerprint density at radius 1 is 0.909 bits per heavy atom. The summed E-state index contributed by atoms with van der Waals surface area (Å²) in [5.41, 5.74) is 1.76. The number of hydrogen-bond donors (Lipinski definition) is 1. The van der Waals surface area contributed by atoms with Crippen molar-refractivity contribution in [2.75, 3.05) is 6.54 Å². The molecule has 0 spiro atoms. The van der Waals surface area contributed by atoms with Gasteiger partial charge in [0.2, 0.25) is 0 Å². The molecule has 2 atom stereocenters. The van der Waals surface area contributed by atoms with Crippen LogP contribution in [0, 0.1) is 17.6 Å². The summed E-state index contributed by atoms with van der Waals surface area (Å²) in [6, 6.07) is 13.4. The maximum Gasteiger partial charge on any atom is 0.123 e. The number of halogens is 2. The molecule has 2 rings (SSSR count). The maximum atomic E-state index is 13.6. The first-order valence-electron chi connectivity index (χ1n) is 7.77. The fourth-order valence-electron chi connectivity index (χ4n) is 3.00. The van der Waals surface area contributed by atoms with Crippen molar-refractivity contribution in [3.05, 3.63) is 71.3 Å². The highest BCUT2D eigenvalue weighted by Crippen LogP contribution is 2.34. The molecule has 0 aliphatic carbocycles. The SMILES string of the molecule is CCNC(C)C(C)C(c1cccc(F)c1)c1cccc(F)c1. The fourth-order valence-corrected chi connectivity index (χ4v) is 3.00. The molecule has 0 heterocycles. The number of benzene rings is 2. The highest BCUT2D eigenvalue weighted by molar-refractivity contribution is 5.34. The molecule has 0 fully saturated rings. The molecule has 0 aliphatic rings. The number of nitrogens with one attached hydrogen (secondary N) is 1. The zero-order chi connectivity index (χ0) is 16.1. The van der Waals surface area contributed by atoms with Crippen molar-refractivity contribution in [1.82, 2.24) is 5.32 Å². The van der Waals surface area contributed by atoms with Crippen LogP contribution in [0.4, 0.5) is 8.78 Å². The van der Waals surface area contributed by atoms with Gasteiger partial charge in [-0.15, -0.1) is 0 Å². The van der Waals surface area contributed by atoms with Gasteiger partial charge in [-0.1, -0.05) is 38.1 Å². The van der Waals surface area contributed by atoms with Crippen molar-refractivity contribution in [3.63, 3.8) is 0 Å². The average Bonchev–Trinajstić information content (AvgIpc) is 2.48. The second kappa shape index (κ2) is 7.50. The third-order valence-electron chi connectivity index (χ3n) is 4.26. The van der Waals surface area contributed by atoms with Gasteiger partial charge in [0.25, 0.3) is 0 Å². The highest BCUT2D eigenvalue weighted by atomic mass is 19.1. The lowest BCUT2D eigenvalue weighted by Crippen LogP contribution is -2.35. The standard InChI is InChI=1S/C19H23F2N/c1-4-22-14(3)13(2)19(15-7-5-9-17(20)11-15)16-8-6-10-18(21)12-16/h5-14,19,22H,4H2,1-3H3. The van der Waals surface area contributed by atoms with Gasteiger partial charge in [0.05, 0.1) is 0 Å². The molecule has 0 saturated heterocycles. The Balaban J connectivity index is 2.44. The first-order chi connectivity index (χ1) is 10.5. The van der Waals surface area contributed by atoms with Crippen molar-refractivity contribution in [2.24, 2.45) is 5.92 Å². The zero-order valence-corrected chi connectivity index (χ0v) is 13.3. The summed E-state index contributed by atoms with van der Waals surface area (Å²) in [4.78, 5) is 0. The molecule has 0 amide bonds. The Morgan fingerprint density at radius 2 is 1.41 bits per heavy atom. The minimum Gasteiger partial charge on any atom is -0.314 e. The van der Waals surface area contributed by atoms with E-state index in [1.54, 1.807) is 24.3 Å². The predicted octanol–water partition coefficient (Wildman–Crippen LogP) is 4.73. The second-order valence-electron chi connectivity index (χ2n) is 5.79. The van der Waals surface area contributed by atoms with E-state index in [1.807, 2.05) is 12.1 Å². The monoisotopic (exact) mass is 303 g/mol. The summed E-state index contributed by atoms with van der Waals surface area (Å²) < 4.78 is 27.3. The molecule has 2 aromatic carbocycles. The molecule has 1 nitrogen and oxygen atoms in total. The van der Waals surface area contributed by atoms with Crippen molar-refractivity contribution in [3.8, 4) is 0 Å². The Kier molecular flexibility index (Phi) is 5.67. The maximum absolute atomic E-state index is 13.6. The molecule has 3 heteroatoms. The second-order valence-corrected chi connectivity index (χ2v) is 5.79. The molecular formula is C19H23F2N. The van der Waals surface area contributed by atoms with Crippen LogP contribution in [0.2, 0.25) is 0 Å². The lowest BCUT2D eigenvalue weighted by Gasteiger charge is -2.30. The fraction of sp³-hybridized carbons (Fsp3) is 0.368. The summed E-state index contributed by atoms with van der Waals surface area (Å²) in [5, 5.41) is 3.41. The first kappa shape index (κ1) is 16.6. The van der Waals surface area contributed by atoms with Gasteiger partial charge in [-0.2, -0.15) is 0 Å². The molecule has 0 aromatic heterocycles. The normalized spacial score (nSPS) is 14.1. The topological polar surface area (TPSA) is 12.0 Å². The van der Waals surface area contributed by atoms with Gasteiger partial charge in [-0.3, -0.25) is 0 Å². The van der Waals surface area contributed by atoms with Crippen molar-refractivity contribution in [1.29, 1.82) is 0 Å². The Bertz CT molecular complexity index is 566. The largest absolute Gasteiger partial charge is 0.314 e. The Morgan fingerprint density at radius 3 is 1.82 bits per heavy atom. The summed E-state index contributed by atoms with van der Waals surface area (Å²) in [6.07, 6.45) is 0. The smallest absolute Gasteiger partial charge is 0.123 e. The van der Waals surface area contributed by atoms with Gasteiger partial charge >= 0.3 is 0 Å². The Hall–Kier alpha value is -1.74.